The highest BCUT2D eigenvalue weighted by molar-refractivity contribution is 9.11. The lowest BCUT2D eigenvalue weighted by atomic mass is 10.1. The fraction of sp³-hybridized carbons (Fsp3) is 0.143. The van der Waals surface area contributed by atoms with Crippen LogP contribution >= 0.6 is 38.6 Å². The number of esters is 2. The number of hydrogen-bond acceptors (Lipinski definition) is 14. The summed E-state index contributed by atoms with van der Waals surface area (Å²) in [7, 11) is 0. The lowest BCUT2D eigenvalue weighted by Gasteiger charge is -2.12. The van der Waals surface area contributed by atoms with Gasteiger partial charge < -0.3 is 28.5 Å². The number of fused-ring (bicyclic) bond motifs is 2. The average Bonchev–Trinajstić information content (AvgIpc) is 3.92. The third kappa shape index (κ3) is 11.8. The number of thiazole rings is 2. The first-order valence-electron chi connectivity index (χ1n) is 18.6. The molecule has 4 heterocycles. The maximum absolute atomic E-state index is 14.1. The third-order valence-electron chi connectivity index (χ3n) is 8.65. The molecule has 4 aromatic carbocycles. The van der Waals surface area contributed by atoms with Gasteiger partial charge in [-0.15, -0.1) is 11.3 Å². The molecule has 336 valence electrons. The van der Waals surface area contributed by atoms with E-state index in [1.807, 2.05) is 0 Å². The molecule has 8 aromatic rings. The van der Waals surface area contributed by atoms with Gasteiger partial charge in [-0.25, -0.2) is 45.9 Å². The minimum absolute atomic E-state index is 0.116. The summed E-state index contributed by atoms with van der Waals surface area (Å²) < 4.78 is 100. The molecule has 8 rings (SSSR count). The summed E-state index contributed by atoms with van der Waals surface area (Å²) in [5, 5.41) is 9.83. The largest absolute Gasteiger partial charge is 0.508 e. The smallest absolute Gasteiger partial charge is 0.350 e. The van der Waals surface area contributed by atoms with Gasteiger partial charge in [0.15, 0.2) is 3.92 Å². The average molecular weight is 1000 g/mol. The maximum atomic E-state index is 14.1. The number of ether oxygens (including phenoxy) is 3. The van der Waals surface area contributed by atoms with E-state index in [2.05, 4.69) is 35.9 Å². The lowest BCUT2D eigenvalue weighted by Crippen LogP contribution is -2.14. The van der Waals surface area contributed by atoms with Crippen molar-refractivity contribution in [1.29, 1.82) is 0 Å². The molecule has 0 aliphatic rings. The van der Waals surface area contributed by atoms with Gasteiger partial charge in [0.1, 0.15) is 56.2 Å². The maximum Gasteiger partial charge on any atom is 0.350 e. The number of carbonyl (C=O) groups excluding carboxylic acids is 2. The molecule has 0 amide bonds. The Kier molecular flexibility index (Phi) is 15.4. The number of nitrogens with zero attached hydrogens (tertiary/aromatic N) is 6. The highest BCUT2D eigenvalue weighted by atomic mass is 79.9. The van der Waals surface area contributed by atoms with E-state index in [1.54, 1.807) is 13.8 Å². The summed E-state index contributed by atoms with van der Waals surface area (Å²) >= 11 is 5.39. The Labute approximate surface area is 378 Å². The van der Waals surface area contributed by atoms with E-state index in [0.717, 1.165) is 24.0 Å². The molecule has 1 N–H and O–H groups in total. The van der Waals surface area contributed by atoms with E-state index in [4.69, 9.17) is 14.2 Å². The molecule has 0 fully saturated rings. The molecule has 0 aliphatic carbocycles. The summed E-state index contributed by atoms with van der Waals surface area (Å²) in [6, 6.07) is 10.8. The zero-order chi connectivity index (χ0) is 46.9. The Bertz CT molecular complexity index is 3140. The second-order valence-corrected chi connectivity index (χ2v) is 16.2. The van der Waals surface area contributed by atoms with Crippen molar-refractivity contribution >= 4 is 72.3 Å². The van der Waals surface area contributed by atoms with Crippen LogP contribution in [0.25, 0.3) is 21.8 Å². The van der Waals surface area contributed by atoms with Gasteiger partial charge in [-0.2, -0.15) is 9.97 Å². The van der Waals surface area contributed by atoms with Crippen molar-refractivity contribution in [3.05, 3.63) is 166 Å². The van der Waals surface area contributed by atoms with Gasteiger partial charge in [-0.3, -0.25) is 9.59 Å². The molecule has 0 aliphatic heterocycles. The Balaban J connectivity index is 0.000000182. The van der Waals surface area contributed by atoms with Crippen LogP contribution in [0.3, 0.4) is 0 Å². The molecular weight excluding hydrogens is 975 g/mol. The minimum Gasteiger partial charge on any atom is -0.508 e. The molecule has 14 nitrogen and oxygen atoms in total. The van der Waals surface area contributed by atoms with Gasteiger partial charge in [-0.1, -0.05) is 11.3 Å². The quantitative estimate of drug-likeness (QED) is 0.102. The SMILES string of the molecule is CCOC(=O)c1cnc(Br)s1.CCOC(=O)c1cnc(Oc2ccc3c(c2)c(=O)ncn3Cc2c(F)cc(F)cc2F)s1.O=c1ncn(Cc2c(F)cc(F)cc2F)c2ccc(O)cc12. The number of aromatic nitrogens is 6. The number of hydrogen-bond donors (Lipinski definition) is 1. The highest BCUT2D eigenvalue weighted by Crippen LogP contribution is 2.29. The summed E-state index contributed by atoms with van der Waals surface area (Å²) in [4.78, 5) is 62.7. The number of phenolic OH excluding ortho intramolecular Hbond substituents is 1. The normalized spacial score (nSPS) is 10.8. The van der Waals surface area contributed by atoms with Gasteiger partial charge in [0.2, 0.25) is 0 Å². The summed E-state index contributed by atoms with van der Waals surface area (Å²) in [6.07, 6.45) is 5.11. The van der Waals surface area contributed by atoms with Crippen LogP contribution in [0.1, 0.15) is 44.3 Å². The molecule has 4 aromatic heterocycles. The first-order chi connectivity index (χ1) is 31.0. The number of benzene rings is 4. The van der Waals surface area contributed by atoms with Crippen LogP contribution in [0.2, 0.25) is 0 Å². The Morgan fingerprint density at radius 3 is 1.58 bits per heavy atom. The van der Waals surface area contributed by atoms with Crippen molar-refractivity contribution in [2.75, 3.05) is 13.2 Å². The van der Waals surface area contributed by atoms with Gasteiger partial charge in [0, 0.05) is 35.4 Å². The van der Waals surface area contributed by atoms with Crippen molar-refractivity contribution in [2.24, 2.45) is 0 Å². The number of aromatic hydroxyl groups is 1. The van der Waals surface area contributed by atoms with E-state index in [9.17, 15) is 50.6 Å². The standard InChI is InChI=1S/C21H14F3N3O4S.C15H9F3N2O2.C6H6BrNO2S/c1-2-30-20(29)18-8-25-21(32-18)31-12-3-4-17-13(7-12)19(28)26-10-27(17)9-14-15(23)5-11(22)6-16(14)24;16-8-3-12(17)11(13(18)4-8)6-20-7-19-15(22)10-5-9(21)1-2-14(10)20;1-2-10-5(9)4-3-8-6(7)11-4/h3-8,10H,2,9H2,1H3;1-5,7,21H,6H2;3H,2H2,1H3. The molecule has 23 heteroatoms. The van der Waals surface area contributed by atoms with Gasteiger partial charge >= 0.3 is 11.9 Å². The van der Waals surface area contributed by atoms with Gasteiger partial charge in [0.05, 0.1) is 73.2 Å². The molecular formula is C42H29BrF6N6O8S2. The monoisotopic (exact) mass is 1000 g/mol. The van der Waals surface area contributed by atoms with Crippen LogP contribution in [-0.4, -0.2) is 59.3 Å². The predicted molar refractivity (Wildman–Crippen MR) is 228 cm³/mol. The molecule has 0 atom stereocenters. The number of halogens is 7. The van der Waals surface area contributed by atoms with E-state index < -0.39 is 52.0 Å². The van der Waals surface area contributed by atoms with Crippen LogP contribution in [0.5, 0.6) is 16.7 Å². The fourth-order valence-electron chi connectivity index (χ4n) is 5.75. The Morgan fingerprint density at radius 1 is 0.646 bits per heavy atom. The highest BCUT2D eigenvalue weighted by Gasteiger charge is 2.17. The Morgan fingerprint density at radius 2 is 1.11 bits per heavy atom. The van der Waals surface area contributed by atoms with Crippen LogP contribution in [0, 0.1) is 34.9 Å². The zero-order valence-corrected chi connectivity index (χ0v) is 36.6. The van der Waals surface area contributed by atoms with Crippen LogP contribution < -0.4 is 15.9 Å². The van der Waals surface area contributed by atoms with Crippen molar-refractivity contribution in [2.45, 2.75) is 26.9 Å². The fourth-order valence-corrected chi connectivity index (χ4v) is 7.58. The van der Waals surface area contributed by atoms with Crippen LogP contribution in [-0.2, 0) is 22.6 Å². The number of phenols is 1. The minimum atomic E-state index is -1.05. The molecule has 0 radical (unpaired) electrons. The second kappa shape index (κ2) is 21.1. The predicted octanol–water partition coefficient (Wildman–Crippen LogP) is 8.94. The van der Waals surface area contributed by atoms with E-state index >= 15 is 0 Å². The topological polar surface area (TPSA) is 178 Å². The Hall–Kier alpha value is -6.98. The molecule has 0 bridgehead atoms. The molecule has 0 unspecified atom stereocenters. The van der Waals surface area contributed by atoms with Crippen molar-refractivity contribution < 1.29 is 55.2 Å². The first-order valence-corrected chi connectivity index (χ1v) is 21.0. The second-order valence-electron chi connectivity index (χ2n) is 12.9. The van der Waals surface area contributed by atoms with Crippen molar-refractivity contribution in [1.82, 2.24) is 29.1 Å². The summed E-state index contributed by atoms with van der Waals surface area (Å²) in [5.74, 6) is -6.88. The third-order valence-corrected chi connectivity index (χ3v) is 11.0. The molecule has 0 saturated heterocycles. The summed E-state index contributed by atoms with van der Waals surface area (Å²) in [6.45, 7) is 3.50. The zero-order valence-electron chi connectivity index (χ0n) is 33.4. The van der Waals surface area contributed by atoms with Gasteiger partial charge in [0.25, 0.3) is 16.3 Å². The summed E-state index contributed by atoms with van der Waals surface area (Å²) in [5.41, 5.74) is -1.17. The molecule has 0 saturated carbocycles. The van der Waals surface area contributed by atoms with E-state index in [-0.39, 0.29) is 69.1 Å². The van der Waals surface area contributed by atoms with Crippen molar-refractivity contribution in [3.8, 4) is 16.7 Å². The molecule has 0 spiro atoms. The molecule has 65 heavy (non-hydrogen) atoms. The lowest BCUT2D eigenvalue weighted by molar-refractivity contribution is 0.0522. The number of carbonyl (C=O) groups is 2. The van der Waals surface area contributed by atoms with Crippen molar-refractivity contribution in [3.63, 3.8) is 0 Å². The number of rotatable bonds is 10. The first kappa shape index (κ1) is 47.5. The van der Waals surface area contributed by atoms with Gasteiger partial charge in [-0.05, 0) is 66.2 Å². The van der Waals surface area contributed by atoms with Crippen LogP contribution in [0.15, 0.2) is 99.2 Å². The van der Waals surface area contributed by atoms with E-state index in [0.29, 0.717) is 50.7 Å². The van der Waals surface area contributed by atoms with E-state index in [1.165, 1.54) is 69.3 Å². The van der Waals surface area contributed by atoms with Crippen LogP contribution in [0.4, 0.5) is 26.3 Å².